The number of nitrogens with one attached hydrogen (secondary N) is 2. The molecule has 0 saturated carbocycles. The van der Waals surface area contributed by atoms with Gasteiger partial charge in [-0.1, -0.05) is 0 Å². The maximum atomic E-state index is 12.9. The van der Waals surface area contributed by atoms with Crippen LogP contribution in [0.2, 0.25) is 0 Å². The van der Waals surface area contributed by atoms with E-state index in [9.17, 15) is 18.8 Å². The topological polar surface area (TPSA) is 78.5 Å². The molecule has 1 unspecified atom stereocenters. The Morgan fingerprint density at radius 1 is 1.24 bits per heavy atom. The van der Waals surface area contributed by atoms with Crippen molar-refractivity contribution in [2.75, 3.05) is 13.1 Å². The molecule has 2 fully saturated rings. The van der Waals surface area contributed by atoms with Gasteiger partial charge in [0.25, 0.3) is 11.8 Å². The van der Waals surface area contributed by atoms with Gasteiger partial charge in [-0.05, 0) is 37.1 Å². The second-order valence-electron chi connectivity index (χ2n) is 5.33. The first-order chi connectivity index (χ1) is 10.00. The van der Waals surface area contributed by atoms with Crippen molar-refractivity contribution in [2.24, 2.45) is 0 Å². The molecule has 2 aliphatic heterocycles. The monoisotopic (exact) mass is 291 g/mol. The summed E-state index contributed by atoms with van der Waals surface area (Å²) in [4.78, 5) is 37.2. The second kappa shape index (κ2) is 4.83. The van der Waals surface area contributed by atoms with E-state index in [1.54, 1.807) is 0 Å². The van der Waals surface area contributed by atoms with Crippen molar-refractivity contribution in [3.63, 3.8) is 0 Å². The number of hydrogen-bond acceptors (Lipinski definition) is 3. The van der Waals surface area contributed by atoms with Crippen LogP contribution in [0.5, 0.6) is 0 Å². The molecular weight excluding hydrogens is 277 g/mol. The zero-order chi connectivity index (χ0) is 15.0. The average molecular weight is 291 g/mol. The molecule has 7 heteroatoms. The van der Waals surface area contributed by atoms with Gasteiger partial charge in [-0.3, -0.25) is 14.9 Å². The van der Waals surface area contributed by atoms with Crippen molar-refractivity contribution < 1.29 is 18.8 Å². The maximum absolute atomic E-state index is 12.9. The highest BCUT2D eigenvalue weighted by molar-refractivity contribution is 6.07. The van der Waals surface area contributed by atoms with Crippen molar-refractivity contribution in [1.82, 2.24) is 15.5 Å². The van der Waals surface area contributed by atoms with Crippen molar-refractivity contribution in [2.45, 2.75) is 18.4 Å². The van der Waals surface area contributed by atoms with Gasteiger partial charge < -0.3 is 10.2 Å². The molecule has 0 bridgehead atoms. The van der Waals surface area contributed by atoms with E-state index in [2.05, 4.69) is 10.6 Å². The number of likely N-dealkylation sites (tertiary alicyclic amines) is 1. The lowest BCUT2D eigenvalue weighted by atomic mass is 9.89. The highest BCUT2D eigenvalue weighted by atomic mass is 19.1. The standard InChI is InChI=1S/C14H14FN3O3/c15-10-4-2-9(3-5-10)11(19)18-7-1-6-14(8-18)12(20)16-13(21)17-14/h2-5H,1,6-8H2,(H2,16,17,20,21). The summed E-state index contributed by atoms with van der Waals surface area (Å²) in [6, 6.07) is 4.73. The first kappa shape index (κ1) is 13.5. The Balaban J connectivity index is 1.80. The van der Waals surface area contributed by atoms with Gasteiger partial charge in [-0.2, -0.15) is 0 Å². The molecule has 2 N–H and O–H groups in total. The molecule has 2 heterocycles. The van der Waals surface area contributed by atoms with E-state index < -0.39 is 23.3 Å². The maximum Gasteiger partial charge on any atom is 0.322 e. The fourth-order valence-electron chi connectivity index (χ4n) is 2.82. The van der Waals surface area contributed by atoms with Gasteiger partial charge in [0.05, 0.1) is 6.54 Å². The van der Waals surface area contributed by atoms with Gasteiger partial charge >= 0.3 is 6.03 Å². The molecule has 0 aromatic heterocycles. The summed E-state index contributed by atoms with van der Waals surface area (Å²) in [6.45, 7) is 0.627. The van der Waals surface area contributed by atoms with Crippen LogP contribution in [0.15, 0.2) is 24.3 Å². The number of benzene rings is 1. The second-order valence-corrected chi connectivity index (χ2v) is 5.33. The summed E-state index contributed by atoms with van der Waals surface area (Å²) in [7, 11) is 0. The summed E-state index contributed by atoms with van der Waals surface area (Å²) in [6.07, 6.45) is 1.11. The molecule has 1 atom stereocenters. The van der Waals surface area contributed by atoms with Crippen molar-refractivity contribution in [3.8, 4) is 0 Å². The number of urea groups is 1. The van der Waals surface area contributed by atoms with E-state index >= 15 is 0 Å². The van der Waals surface area contributed by atoms with Crippen LogP contribution in [0, 0.1) is 5.82 Å². The summed E-state index contributed by atoms with van der Waals surface area (Å²) < 4.78 is 12.9. The first-order valence-corrected chi connectivity index (χ1v) is 6.69. The lowest BCUT2D eigenvalue weighted by molar-refractivity contribution is -0.125. The highest BCUT2D eigenvalue weighted by Crippen LogP contribution is 2.25. The quantitative estimate of drug-likeness (QED) is 0.745. The third kappa shape index (κ3) is 2.35. The number of imide groups is 1. The van der Waals surface area contributed by atoms with Crippen molar-refractivity contribution in [3.05, 3.63) is 35.6 Å². The Labute approximate surface area is 120 Å². The van der Waals surface area contributed by atoms with Crippen LogP contribution in [0.25, 0.3) is 0 Å². The van der Waals surface area contributed by atoms with Gasteiger partial charge in [0.15, 0.2) is 0 Å². The van der Waals surface area contributed by atoms with Gasteiger partial charge in [0, 0.05) is 12.1 Å². The number of nitrogens with zero attached hydrogens (tertiary/aromatic N) is 1. The molecular formula is C14H14FN3O3. The van der Waals surface area contributed by atoms with Crippen molar-refractivity contribution >= 4 is 17.8 Å². The number of hydrogen-bond donors (Lipinski definition) is 2. The van der Waals surface area contributed by atoms with Gasteiger partial charge in [0.2, 0.25) is 0 Å². The van der Waals surface area contributed by atoms with Crippen LogP contribution in [-0.2, 0) is 4.79 Å². The highest BCUT2D eigenvalue weighted by Gasteiger charge is 2.49. The predicted octanol–water partition coefficient (Wildman–Crippen LogP) is 0.640. The Morgan fingerprint density at radius 3 is 2.57 bits per heavy atom. The number of piperidine rings is 1. The zero-order valence-corrected chi connectivity index (χ0v) is 11.2. The van der Waals surface area contributed by atoms with Crippen LogP contribution in [0.1, 0.15) is 23.2 Å². The molecule has 1 aromatic rings. The van der Waals surface area contributed by atoms with Gasteiger partial charge in [-0.25, -0.2) is 9.18 Å². The summed E-state index contributed by atoms with van der Waals surface area (Å²) in [5.41, 5.74) is -0.677. The van der Waals surface area contributed by atoms with Crippen LogP contribution < -0.4 is 10.6 Å². The molecule has 0 aliphatic carbocycles. The van der Waals surface area contributed by atoms with E-state index in [1.807, 2.05) is 0 Å². The summed E-state index contributed by atoms with van der Waals surface area (Å²) in [5, 5.41) is 4.82. The lowest BCUT2D eigenvalue weighted by Crippen LogP contribution is -2.59. The molecule has 21 heavy (non-hydrogen) atoms. The molecule has 2 aliphatic rings. The van der Waals surface area contributed by atoms with Crippen LogP contribution in [0.4, 0.5) is 9.18 Å². The van der Waals surface area contributed by atoms with Crippen LogP contribution >= 0.6 is 0 Å². The molecule has 6 nitrogen and oxygen atoms in total. The molecule has 3 rings (SSSR count). The lowest BCUT2D eigenvalue weighted by Gasteiger charge is -2.38. The smallest absolute Gasteiger partial charge is 0.322 e. The van der Waals surface area contributed by atoms with Gasteiger partial charge in [-0.15, -0.1) is 0 Å². The van der Waals surface area contributed by atoms with E-state index in [0.717, 1.165) is 0 Å². The fraction of sp³-hybridized carbons (Fsp3) is 0.357. The number of halogens is 1. The minimum absolute atomic E-state index is 0.126. The van der Waals surface area contributed by atoms with Gasteiger partial charge in [0.1, 0.15) is 11.4 Å². The van der Waals surface area contributed by atoms with Crippen LogP contribution in [-0.4, -0.2) is 41.4 Å². The molecule has 1 spiro atoms. The predicted molar refractivity (Wildman–Crippen MR) is 70.9 cm³/mol. The minimum Gasteiger partial charge on any atom is -0.336 e. The molecule has 4 amide bonds. The summed E-state index contributed by atoms with van der Waals surface area (Å²) in [5.74, 6) is -1.09. The van der Waals surface area contributed by atoms with E-state index in [1.165, 1.54) is 29.2 Å². The van der Waals surface area contributed by atoms with E-state index in [-0.39, 0.29) is 12.5 Å². The van der Waals surface area contributed by atoms with E-state index in [0.29, 0.717) is 24.9 Å². The largest absolute Gasteiger partial charge is 0.336 e. The summed E-state index contributed by atoms with van der Waals surface area (Å²) >= 11 is 0. The Hall–Kier alpha value is -2.44. The number of carbonyl (C=O) groups is 3. The number of amides is 4. The minimum atomic E-state index is -1.04. The van der Waals surface area contributed by atoms with Crippen molar-refractivity contribution in [1.29, 1.82) is 0 Å². The Bertz CT molecular complexity index is 616. The van der Waals surface area contributed by atoms with Crippen LogP contribution in [0.3, 0.4) is 0 Å². The SMILES string of the molecule is O=C1NC(=O)C2(CCCN(C(=O)c3ccc(F)cc3)C2)N1. The number of carbonyl (C=O) groups excluding carboxylic acids is 3. The molecule has 2 saturated heterocycles. The average Bonchev–Trinajstić information content (AvgIpc) is 2.73. The molecule has 0 radical (unpaired) electrons. The Kier molecular flexibility index (Phi) is 3.12. The fourth-order valence-corrected chi connectivity index (χ4v) is 2.82. The zero-order valence-electron chi connectivity index (χ0n) is 11.2. The third-order valence-electron chi connectivity index (χ3n) is 3.89. The van der Waals surface area contributed by atoms with E-state index in [4.69, 9.17) is 0 Å². The molecule has 1 aromatic carbocycles. The number of rotatable bonds is 1. The normalized spacial score (nSPS) is 24.9. The third-order valence-corrected chi connectivity index (χ3v) is 3.89. The Morgan fingerprint density at radius 2 is 1.95 bits per heavy atom. The molecule has 110 valence electrons. The first-order valence-electron chi connectivity index (χ1n) is 6.69.